The number of rotatable bonds is 7. The van der Waals surface area contributed by atoms with E-state index in [1.807, 2.05) is 0 Å². The van der Waals surface area contributed by atoms with Crippen LogP contribution in [0, 0.1) is 0 Å². The summed E-state index contributed by atoms with van der Waals surface area (Å²) in [6, 6.07) is 9.65. The molecule has 0 radical (unpaired) electrons. The fraction of sp³-hybridized carbons (Fsp3) is 0.150. The molecule has 0 heterocycles. The van der Waals surface area contributed by atoms with Crippen LogP contribution in [0.5, 0.6) is 5.75 Å². The summed E-state index contributed by atoms with van der Waals surface area (Å²) < 4.78 is 37.8. The fourth-order valence-corrected chi connectivity index (χ4v) is 2.29. The quantitative estimate of drug-likeness (QED) is 0.560. The molecule has 0 saturated carbocycles. The first-order chi connectivity index (χ1) is 13.8. The van der Waals surface area contributed by atoms with Crippen molar-refractivity contribution < 1.29 is 37.4 Å². The Hall–Kier alpha value is -3.75. The molecular formula is C20H17F2NO6. The summed E-state index contributed by atoms with van der Waals surface area (Å²) in [5.74, 6) is -1.92. The molecule has 9 heteroatoms. The molecule has 0 aromatic heterocycles. The zero-order chi connectivity index (χ0) is 21.4. The Morgan fingerprint density at radius 2 is 1.48 bits per heavy atom. The van der Waals surface area contributed by atoms with Gasteiger partial charge in [-0.15, -0.1) is 0 Å². The predicted molar refractivity (Wildman–Crippen MR) is 99.9 cm³/mol. The molecule has 0 aliphatic rings. The van der Waals surface area contributed by atoms with Gasteiger partial charge in [-0.2, -0.15) is 8.78 Å². The van der Waals surface area contributed by atoms with Crippen molar-refractivity contribution in [2.24, 2.45) is 0 Å². The maximum absolute atomic E-state index is 12.1. The van der Waals surface area contributed by atoms with Gasteiger partial charge in [0.2, 0.25) is 5.91 Å². The van der Waals surface area contributed by atoms with E-state index in [0.29, 0.717) is 5.56 Å². The lowest BCUT2D eigenvalue weighted by Crippen LogP contribution is -2.12. The molecule has 7 nitrogen and oxygen atoms in total. The van der Waals surface area contributed by atoms with Gasteiger partial charge in [0, 0.05) is 11.8 Å². The van der Waals surface area contributed by atoms with E-state index in [1.165, 1.54) is 68.8 Å². The second-order valence-corrected chi connectivity index (χ2v) is 5.55. The number of alkyl halides is 2. The number of amides is 1. The summed E-state index contributed by atoms with van der Waals surface area (Å²) in [6.45, 7) is -2.92. The third kappa shape index (κ3) is 6.42. The molecule has 2 aromatic rings. The second-order valence-electron chi connectivity index (χ2n) is 5.55. The minimum absolute atomic E-state index is 0.00318. The molecule has 1 amide bonds. The molecule has 0 atom stereocenters. The Morgan fingerprint density at radius 1 is 0.931 bits per heavy atom. The van der Waals surface area contributed by atoms with Gasteiger partial charge in [-0.05, 0) is 42.0 Å². The highest BCUT2D eigenvalue weighted by Crippen LogP contribution is 2.18. The van der Waals surface area contributed by atoms with Crippen LogP contribution in [0.2, 0.25) is 0 Å². The van der Waals surface area contributed by atoms with Crippen LogP contribution in [-0.2, 0) is 14.3 Å². The van der Waals surface area contributed by atoms with Crippen molar-refractivity contribution in [3.63, 3.8) is 0 Å². The first-order valence-corrected chi connectivity index (χ1v) is 8.18. The molecule has 152 valence electrons. The number of hydrogen-bond acceptors (Lipinski definition) is 6. The van der Waals surface area contributed by atoms with Crippen molar-refractivity contribution in [3.8, 4) is 5.75 Å². The topological polar surface area (TPSA) is 90.9 Å². The number of halogens is 2. The predicted octanol–water partition coefficient (Wildman–Crippen LogP) is 3.51. The van der Waals surface area contributed by atoms with Crippen LogP contribution in [0.15, 0.2) is 48.5 Å². The Balaban J connectivity index is 2.13. The average Bonchev–Trinajstić information content (AvgIpc) is 2.71. The summed E-state index contributed by atoms with van der Waals surface area (Å²) >= 11 is 0. The molecule has 29 heavy (non-hydrogen) atoms. The number of carbonyl (C=O) groups excluding carboxylic acids is 3. The minimum atomic E-state index is -2.92. The Bertz CT molecular complexity index is 891. The average molecular weight is 405 g/mol. The Morgan fingerprint density at radius 3 is 1.97 bits per heavy atom. The smallest absolute Gasteiger partial charge is 0.387 e. The zero-order valence-electron chi connectivity index (χ0n) is 15.5. The fourth-order valence-electron chi connectivity index (χ4n) is 2.29. The Labute approximate surface area is 164 Å². The van der Waals surface area contributed by atoms with Gasteiger partial charge in [0.1, 0.15) is 5.75 Å². The van der Waals surface area contributed by atoms with Crippen LogP contribution in [-0.4, -0.2) is 38.7 Å². The van der Waals surface area contributed by atoms with Crippen molar-refractivity contribution in [1.82, 2.24) is 0 Å². The normalized spacial score (nSPS) is 10.7. The van der Waals surface area contributed by atoms with E-state index < -0.39 is 24.5 Å². The number of ether oxygens (including phenoxy) is 3. The molecule has 0 bridgehead atoms. The Kier molecular flexibility index (Phi) is 7.41. The lowest BCUT2D eigenvalue weighted by Gasteiger charge is -2.08. The van der Waals surface area contributed by atoms with Crippen LogP contribution < -0.4 is 10.1 Å². The SMILES string of the molecule is COC(=O)c1cc(NC(=O)/C=C/c2ccc(OC(F)F)cc2)cc(C(=O)OC)c1. The molecule has 0 unspecified atom stereocenters. The van der Waals surface area contributed by atoms with Crippen LogP contribution >= 0.6 is 0 Å². The minimum Gasteiger partial charge on any atom is -0.465 e. The molecule has 0 saturated heterocycles. The van der Waals surface area contributed by atoms with Crippen molar-refractivity contribution in [2.75, 3.05) is 19.5 Å². The number of benzene rings is 2. The van der Waals surface area contributed by atoms with E-state index >= 15 is 0 Å². The van der Waals surface area contributed by atoms with Crippen molar-refractivity contribution in [3.05, 3.63) is 65.2 Å². The second kappa shape index (κ2) is 9.98. The lowest BCUT2D eigenvalue weighted by atomic mass is 10.1. The summed E-state index contributed by atoms with van der Waals surface area (Å²) in [4.78, 5) is 35.7. The molecule has 0 spiro atoms. The van der Waals surface area contributed by atoms with E-state index in [-0.39, 0.29) is 22.6 Å². The van der Waals surface area contributed by atoms with Gasteiger partial charge in [0.25, 0.3) is 0 Å². The van der Waals surface area contributed by atoms with Gasteiger partial charge in [-0.25, -0.2) is 9.59 Å². The summed E-state index contributed by atoms with van der Waals surface area (Å²) in [5.41, 5.74) is 0.873. The number of carbonyl (C=O) groups is 3. The number of methoxy groups -OCH3 is 2. The standard InChI is InChI=1S/C20H17F2NO6/c1-27-18(25)13-9-14(19(26)28-2)11-15(10-13)23-17(24)8-5-12-3-6-16(7-4-12)29-20(21)22/h3-11,20H,1-2H3,(H,23,24)/b8-5+. The van der Waals surface area contributed by atoms with E-state index in [0.717, 1.165) is 0 Å². The molecule has 0 aliphatic heterocycles. The first-order valence-electron chi connectivity index (χ1n) is 8.18. The van der Waals surface area contributed by atoms with Crippen LogP contribution in [0.3, 0.4) is 0 Å². The number of esters is 2. The molecule has 0 aliphatic carbocycles. The zero-order valence-corrected chi connectivity index (χ0v) is 15.5. The van der Waals surface area contributed by atoms with Crippen molar-refractivity contribution in [1.29, 1.82) is 0 Å². The van der Waals surface area contributed by atoms with Gasteiger partial charge in [0.15, 0.2) is 0 Å². The van der Waals surface area contributed by atoms with Gasteiger partial charge < -0.3 is 19.5 Å². The molecule has 2 rings (SSSR count). The van der Waals surface area contributed by atoms with Crippen LogP contribution in [0.1, 0.15) is 26.3 Å². The molecule has 1 N–H and O–H groups in total. The van der Waals surface area contributed by atoms with Gasteiger partial charge >= 0.3 is 18.6 Å². The first kappa shape index (κ1) is 21.5. The summed E-state index contributed by atoms with van der Waals surface area (Å²) in [6.07, 6.45) is 2.65. The van der Waals surface area contributed by atoms with E-state index in [4.69, 9.17) is 0 Å². The summed E-state index contributed by atoms with van der Waals surface area (Å²) in [7, 11) is 2.37. The third-order valence-corrected chi connectivity index (χ3v) is 3.58. The van der Waals surface area contributed by atoms with Crippen LogP contribution in [0.25, 0.3) is 6.08 Å². The highest BCUT2D eigenvalue weighted by Gasteiger charge is 2.14. The molecule has 2 aromatic carbocycles. The monoisotopic (exact) mass is 405 g/mol. The number of hydrogen-bond donors (Lipinski definition) is 1. The maximum atomic E-state index is 12.1. The lowest BCUT2D eigenvalue weighted by molar-refractivity contribution is -0.111. The van der Waals surface area contributed by atoms with Crippen molar-refractivity contribution in [2.45, 2.75) is 6.61 Å². The summed E-state index contributed by atoms with van der Waals surface area (Å²) in [5, 5.41) is 2.52. The highest BCUT2D eigenvalue weighted by atomic mass is 19.3. The van der Waals surface area contributed by atoms with Crippen LogP contribution in [0.4, 0.5) is 14.5 Å². The molecule has 0 fully saturated rings. The van der Waals surface area contributed by atoms with E-state index in [2.05, 4.69) is 19.5 Å². The van der Waals surface area contributed by atoms with Gasteiger partial charge in [-0.1, -0.05) is 12.1 Å². The largest absolute Gasteiger partial charge is 0.465 e. The molecular weight excluding hydrogens is 388 g/mol. The highest BCUT2D eigenvalue weighted by molar-refractivity contribution is 6.04. The van der Waals surface area contributed by atoms with Gasteiger partial charge in [0.05, 0.1) is 25.3 Å². The third-order valence-electron chi connectivity index (χ3n) is 3.58. The number of nitrogens with one attached hydrogen (secondary N) is 1. The van der Waals surface area contributed by atoms with Gasteiger partial charge in [-0.3, -0.25) is 4.79 Å². The number of anilines is 1. The van der Waals surface area contributed by atoms with E-state index in [9.17, 15) is 23.2 Å². The van der Waals surface area contributed by atoms with E-state index in [1.54, 1.807) is 0 Å². The van der Waals surface area contributed by atoms with Crippen molar-refractivity contribution >= 4 is 29.6 Å². The maximum Gasteiger partial charge on any atom is 0.387 e.